The van der Waals surface area contributed by atoms with E-state index in [0.717, 1.165) is 10.9 Å². The molecule has 9 nitrogen and oxygen atoms in total. The minimum absolute atomic E-state index is 0.117. The Balaban J connectivity index is 1.72. The Morgan fingerprint density at radius 2 is 1.91 bits per heavy atom. The monoisotopic (exact) mass is 442 g/mol. The number of hydrogen-bond donors (Lipinski definition) is 4. The van der Waals surface area contributed by atoms with Crippen LogP contribution >= 0.6 is 0 Å². The number of hydrogen-bond acceptors (Lipinski definition) is 5. The van der Waals surface area contributed by atoms with Crippen LogP contribution in [0.5, 0.6) is 0 Å². The predicted molar refractivity (Wildman–Crippen MR) is 119 cm³/mol. The fourth-order valence-electron chi connectivity index (χ4n) is 3.92. The van der Waals surface area contributed by atoms with Gasteiger partial charge in [0.2, 0.25) is 11.8 Å². The van der Waals surface area contributed by atoms with Crippen LogP contribution in [0.1, 0.15) is 43.6 Å². The number of para-hydroxylation sites is 1. The Kier molecular flexibility index (Phi) is 7.50. The van der Waals surface area contributed by atoms with Crippen molar-refractivity contribution in [2.45, 2.75) is 45.2 Å². The van der Waals surface area contributed by atoms with Crippen LogP contribution in [-0.2, 0) is 19.1 Å². The molecule has 32 heavy (non-hydrogen) atoms. The van der Waals surface area contributed by atoms with Gasteiger partial charge in [0.15, 0.2) is 0 Å². The average Bonchev–Trinajstić information content (AvgIpc) is 3.37. The molecule has 2 heterocycles. The molecule has 4 N–H and O–H groups in total. The highest BCUT2D eigenvalue weighted by Gasteiger charge is 2.34. The van der Waals surface area contributed by atoms with E-state index in [1.807, 2.05) is 38.1 Å². The van der Waals surface area contributed by atoms with Crippen LogP contribution in [0.25, 0.3) is 10.9 Å². The second-order valence-corrected chi connectivity index (χ2v) is 8.52. The highest BCUT2D eigenvalue weighted by atomic mass is 16.5. The Labute approximate surface area is 186 Å². The van der Waals surface area contributed by atoms with E-state index in [1.54, 1.807) is 6.07 Å². The summed E-state index contributed by atoms with van der Waals surface area (Å²) in [6, 6.07) is 7.41. The molecule has 2 aromatic rings. The fraction of sp³-hybridized carbons (Fsp3) is 0.478. The smallest absolute Gasteiger partial charge is 0.328 e. The van der Waals surface area contributed by atoms with Crippen LogP contribution in [0.4, 0.5) is 0 Å². The molecule has 3 atom stereocenters. The lowest BCUT2D eigenvalue weighted by atomic mass is 9.97. The summed E-state index contributed by atoms with van der Waals surface area (Å²) in [7, 11) is 1.24. The molecule has 9 heteroatoms. The number of carbonyl (C=O) groups excluding carboxylic acids is 4. The van der Waals surface area contributed by atoms with E-state index in [4.69, 9.17) is 4.74 Å². The number of fused-ring (bicyclic) bond motifs is 1. The first kappa shape index (κ1) is 23.3. The van der Waals surface area contributed by atoms with E-state index >= 15 is 0 Å². The van der Waals surface area contributed by atoms with E-state index in [1.165, 1.54) is 7.11 Å². The van der Waals surface area contributed by atoms with E-state index < -0.39 is 29.9 Å². The maximum atomic E-state index is 13.1. The van der Waals surface area contributed by atoms with Gasteiger partial charge in [0, 0.05) is 23.4 Å². The third-order valence-electron chi connectivity index (χ3n) is 5.59. The first-order valence-electron chi connectivity index (χ1n) is 10.8. The van der Waals surface area contributed by atoms with Crippen molar-refractivity contribution in [3.63, 3.8) is 0 Å². The number of aromatic amines is 1. The normalized spacial score (nSPS) is 17.6. The van der Waals surface area contributed by atoms with Gasteiger partial charge in [0.05, 0.1) is 7.11 Å². The molecule has 1 aromatic heterocycles. The summed E-state index contributed by atoms with van der Waals surface area (Å²) in [5, 5.41) is 9.08. The molecular weight excluding hydrogens is 412 g/mol. The largest absolute Gasteiger partial charge is 0.467 e. The van der Waals surface area contributed by atoms with E-state index in [9.17, 15) is 19.2 Å². The maximum absolute atomic E-state index is 13.1. The number of H-pyrrole nitrogens is 1. The lowest BCUT2D eigenvalue weighted by Crippen LogP contribution is -2.53. The summed E-state index contributed by atoms with van der Waals surface area (Å²) in [5.74, 6) is -1.92. The second-order valence-electron chi connectivity index (χ2n) is 8.52. The van der Waals surface area contributed by atoms with Gasteiger partial charge in [-0.15, -0.1) is 0 Å². The van der Waals surface area contributed by atoms with Crippen molar-refractivity contribution < 1.29 is 23.9 Å². The topological polar surface area (TPSA) is 129 Å². The van der Waals surface area contributed by atoms with Crippen molar-refractivity contribution in [3.05, 3.63) is 36.0 Å². The van der Waals surface area contributed by atoms with Crippen LogP contribution in [0.3, 0.4) is 0 Å². The summed E-state index contributed by atoms with van der Waals surface area (Å²) < 4.78 is 4.83. The van der Waals surface area contributed by atoms with Crippen molar-refractivity contribution >= 4 is 34.6 Å². The predicted octanol–water partition coefficient (Wildman–Crippen LogP) is 1.50. The molecule has 3 amide bonds. The quantitative estimate of drug-likeness (QED) is 0.437. The van der Waals surface area contributed by atoms with Gasteiger partial charge in [-0.2, -0.15) is 0 Å². The zero-order valence-corrected chi connectivity index (χ0v) is 18.6. The van der Waals surface area contributed by atoms with Crippen molar-refractivity contribution in [3.8, 4) is 0 Å². The summed E-state index contributed by atoms with van der Waals surface area (Å²) in [6.07, 6.45) is 1.12. The third kappa shape index (κ3) is 5.66. The zero-order valence-electron chi connectivity index (χ0n) is 18.6. The first-order chi connectivity index (χ1) is 15.3. The van der Waals surface area contributed by atoms with Crippen LogP contribution in [0, 0.1) is 11.8 Å². The highest BCUT2D eigenvalue weighted by Crippen LogP contribution is 2.18. The van der Waals surface area contributed by atoms with E-state index in [-0.39, 0.29) is 24.2 Å². The first-order valence-corrected chi connectivity index (χ1v) is 10.8. The van der Waals surface area contributed by atoms with Gasteiger partial charge in [-0.1, -0.05) is 32.0 Å². The lowest BCUT2D eigenvalue weighted by molar-refractivity contribution is -0.146. The number of nitrogens with one attached hydrogen (secondary N) is 4. The standard InChI is InChI=1S/C23H30N4O5/c1-13(2)10-17(26-22(30)18-11-14-6-4-5-7-16(14)25-18)21(29)27-19(23(31)32-3)12-15-8-9-24-20(15)28/h4-7,11,13,15,17,19,25H,8-10,12H2,1-3H3,(H,24,28)(H,26,30)(H,27,29)/t15-,17+,19-/m0/s1. The summed E-state index contributed by atoms with van der Waals surface area (Å²) >= 11 is 0. The molecule has 1 aromatic carbocycles. The van der Waals surface area contributed by atoms with Crippen LogP contribution in [0.2, 0.25) is 0 Å². The van der Waals surface area contributed by atoms with Gasteiger partial charge in [0.25, 0.3) is 5.91 Å². The highest BCUT2D eigenvalue weighted by molar-refractivity contribution is 6.00. The molecule has 0 radical (unpaired) electrons. The molecule has 0 bridgehead atoms. The molecule has 3 rings (SSSR count). The number of benzene rings is 1. The number of ether oxygens (including phenoxy) is 1. The van der Waals surface area contributed by atoms with Gasteiger partial charge < -0.3 is 25.7 Å². The van der Waals surface area contributed by atoms with Crippen LogP contribution < -0.4 is 16.0 Å². The van der Waals surface area contributed by atoms with Crippen molar-refractivity contribution in [2.75, 3.05) is 13.7 Å². The molecule has 1 aliphatic heterocycles. The molecule has 1 fully saturated rings. The van der Waals surface area contributed by atoms with Gasteiger partial charge >= 0.3 is 5.97 Å². The molecule has 0 unspecified atom stereocenters. The third-order valence-corrected chi connectivity index (χ3v) is 5.59. The molecule has 1 saturated heterocycles. The minimum atomic E-state index is -0.971. The van der Waals surface area contributed by atoms with Gasteiger partial charge in [-0.25, -0.2) is 4.79 Å². The second kappa shape index (κ2) is 10.3. The molecule has 0 aliphatic carbocycles. The average molecular weight is 443 g/mol. The summed E-state index contributed by atoms with van der Waals surface area (Å²) in [4.78, 5) is 53.1. The SMILES string of the molecule is COC(=O)[C@H](C[C@@H]1CCNC1=O)NC(=O)[C@@H](CC(C)C)NC(=O)c1cc2ccccc2[nH]1. The molecule has 1 aliphatic rings. The Hall–Kier alpha value is -3.36. The molecule has 0 spiro atoms. The molecule has 0 saturated carbocycles. The number of carbonyl (C=O) groups is 4. The molecule has 172 valence electrons. The Bertz CT molecular complexity index is 966. The number of amides is 3. The zero-order chi connectivity index (χ0) is 23.3. The van der Waals surface area contributed by atoms with Crippen molar-refractivity contribution in [2.24, 2.45) is 11.8 Å². The Morgan fingerprint density at radius 3 is 2.53 bits per heavy atom. The van der Waals surface area contributed by atoms with Crippen LogP contribution in [0.15, 0.2) is 30.3 Å². The number of methoxy groups -OCH3 is 1. The number of rotatable bonds is 9. The van der Waals surface area contributed by atoms with Gasteiger partial charge in [-0.3, -0.25) is 14.4 Å². The molecular formula is C23H30N4O5. The van der Waals surface area contributed by atoms with Crippen molar-refractivity contribution in [1.82, 2.24) is 20.9 Å². The van der Waals surface area contributed by atoms with E-state index in [2.05, 4.69) is 20.9 Å². The lowest BCUT2D eigenvalue weighted by Gasteiger charge is -2.24. The van der Waals surface area contributed by atoms with E-state index in [0.29, 0.717) is 25.1 Å². The fourth-order valence-corrected chi connectivity index (χ4v) is 3.92. The Morgan fingerprint density at radius 1 is 1.16 bits per heavy atom. The van der Waals surface area contributed by atoms with Crippen LogP contribution in [-0.4, -0.2) is 54.4 Å². The number of esters is 1. The minimum Gasteiger partial charge on any atom is -0.467 e. The van der Waals surface area contributed by atoms with Crippen molar-refractivity contribution in [1.29, 1.82) is 0 Å². The summed E-state index contributed by atoms with van der Waals surface area (Å²) in [6.45, 7) is 4.42. The van der Waals surface area contributed by atoms with Gasteiger partial charge in [0.1, 0.15) is 17.8 Å². The van der Waals surface area contributed by atoms with Gasteiger partial charge in [-0.05, 0) is 37.3 Å². The maximum Gasteiger partial charge on any atom is 0.328 e. The number of aromatic nitrogens is 1. The summed E-state index contributed by atoms with van der Waals surface area (Å²) in [5.41, 5.74) is 1.17.